The van der Waals surface area contributed by atoms with Gasteiger partial charge in [-0.25, -0.2) is 4.39 Å². The Hall–Kier alpha value is -1.39. The second kappa shape index (κ2) is 7.34. The maximum atomic E-state index is 16.4. The zero-order valence-electron chi connectivity index (χ0n) is 18.9. The van der Waals surface area contributed by atoms with Gasteiger partial charge in [-0.2, -0.15) is 5.10 Å². The molecule has 30 heavy (non-hydrogen) atoms. The van der Waals surface area contributed by atoms with E-state index in [1.165, 1.54) is 6.42 Å². The number of carbonyl (C=O) groups is 1. The second-order valence-corrected chi connectivity index (χ2v) is 11.4. The number of aromatic nitrogens is 2. The first-order valence-corrected chi connectivity index (χ1v) is 12.3. The molecule has 1 aromatic rings. The van der Waals surface area contributed by atoms with E-state index in [1.54, 1.807) is 10.9 Å². The van der Waals surface area contributed by atoms with Gasteiger partial charge >= 0.3 is 0 Å². The number of aryl methyl sites for hydroxylation is 1. The number of alkyl halides is 1. The van der Waals surface area contributed by atoms with Crippen LogP contribution < -0.4 is 5.32 Å². The highest BCUT2D eigenvalue weighted by molar-refractivity contribution is 5.86. The van der Waals surface area contributed by atoms with Crippen molar-refractivity contribution in [3.8, 4) is 0 Å². The topological polar surface area (TPSA) is 46.9 Å². The number of hydrogen-bond donors (Lipinski definition) is 1. The molecule has 2 unspecified atom stereocenters. The Morgan fingerprint density at radius 1 is 1.20 bits per heavy atom. The Morgan fingerprint density at radius 3 is 2.80 bits per heavy atom. The molecule has 166 valence electrons. The standard InChI is InChI=1S/C25H38FN3O/c1-16-8-11-25(26)17(12-16)4-5-19-20-6-7-22(24(20,2)10-9-21(19)25)23(30)14-27-18-13-28-29(3)15-18/h13,15-17,19-22,27H,4-12,14H2,1-3H3/t16-,17+,19-,20?,21?,22+,24-,25+/m0/s1. The van der Waals surface area contributed by atoms with E-state index in [0.29, 0.717) is 30.1 Å². The third kappa shape index (κ3) is 3.14. The van der Waals surface area contributed by atoms with Crippen molar-refractivity contribution in [2.24, 2.45) is 48.0 Å². The van der Waals surface area contributed by atoms with Crippen LogP contribution in [0.4, 0.5) is 10.1 Å². The number of rotatable bonds is 4. The average molecular weight is 416 g/mol. The highest BCUT2D eigenvalue weighted by Crippen LogP contribution is 2.66. The minimum absolute atomic E-state index is 0.0556. The molecule has 0 aliphatic heterocycles. The van der Waals surface area contributed by atoms with E-state index in [-0.39, 0.29) is 23.2 Å². The van der Waals surface area contributed by atoms with Gasteiger partial charge < -0.3 is 5.32 Å². The van der Waals surface area contributed by atoms with E-state index in [1.807, 2.05) is 13.2 Å². The summed E-state index contributed by atoms with van der Waals surface area (Å²) >= 11 is 0. The normalized spacial score (nSPS) is 45.3. The second-order valence-electron chi connectivity index (χ2n) is 11.4. The maximum absolute atomic E-state index is 16.4. The fourth-order valence-corrected chi connectivity index (χ4v) is 8.35. The maximum Gasteiger partial charge on any atom is 0.155 e. The molecular formula is C25H38FN3O. The van der Waals surface area contributed by atoms with E-state index in [2.05, 4.69) is 24.3 Å². The largest absolute Gasteiger partial charge is 0.375 e. The molecule has 0 amide bonds. The predicted molar refractivity (Wildman–Crippen MR) is 117 cm³/mol. The molecule has 4 aliphatic rings. The average Bonchev–Trinajstić information content (AvgIpc) is 3.29. The summed E-state index contributed by atoms with van der Waals surface area (Å²) in [5, 5.41) is 7.43. The van der Waals surface area contributed by atoms with Crippen LogP contribution in [0.2, 0.25) is 0 Å². The van der Waals surface area contributed by atoms with Crippen LogP contribution in [0.5, 0.6) is 0 Å². The highest BCUT2D eigenvalue weighted by Gasteiger charge is 2.62. The van der Waals surface area contributed by atoms with Gasteiger partial charge in [-0.05, 0) is 92.8 Å². The van der Waals surface area contributed by atoms with Crippen LogP contribution in [0, 0.1) is 40.9 Å². The van der Waals surface area contributed by atoms with Crippen LogP contribution in [-0.4, -0.2) is 27.8 Å². The van der Waals surface area contributed by atoms with Gasteiger partial charge in [0.1, 0.15) is 5.67 Å². The fourth-order valence-electron chi connectivity index (χ4n) is 8.35. The summed E-state index contributed by atoms with van der Waals surface area (Å²) in [6, 6.07) is 0. The number of nitrogens with one attached hydrogen (secondary N) is 1. The first kappa shape index (κ1) is 20.5. The summed E-state index contributed by atoms with van der Waals surface area (Å²) < 4.78 is 18.1. The molecule has 4 saturated carbocycles. The Bertz CT molecular complexity index is 808. The fraction of sp³-hybridized carbons (Fsp3) is 0.840. The van der Waals surface area contributed by atoms with Gasteiger partial charge in [0, 0.05) is 19.2 Å². The van der Waals surface area contributed by atoms with E-state index >= 15 is 4.39 Å². The zero-order valence-corrected chi connectivity index (χ0v) is 18.9. The monoisotopic (exact) mass is 415 g/mol. The lowest BCUT2D eigenvalue weighted by atomic mass is 9.48. The predicted octanol–water partition coefficient (Wildman–Crippen LogP) is 5.40. The van der Waals surface area contributed by atoms with Gasteiger partial charge in [0.25, 0.3) is 0 Å². The van der Waals surface area contributed by atoms with E-state index < -0.39 is 5.67 Å². The van der Waals surface area contributed by atoms with Gasteiger partial charge in [0.05, 0.1) is 18.4 Å². The zero-order chi connectivity index (χ0) is 21.1. The molecule has 1 heterocycles. The SMILES string of the molecule is C[C@H]1CC[C@]2(F)C3CC[C@@]4(C)C(CC[C@@H]4C(=O)CNc4cnn(C)c4)[C@@H]3CC[C@@H]2C1. The van der Waals surface area contributed by atoms with Crippen molar-refractivity contribution in [2.45, 2.75) is 77.3 Å². The number of carbonyl (C=O) groups excluding carboxylic acids is 1. The molecule has 4 fully saturated rings. The van der Waals surface area contributed by atoms with Crippen LogP contribution in [0.15, 0.2) is 12.4 Å². The van der Waals surface area contributed by atoms with Crippen LogP contribution in [-0.2, 0) is 11.8 Å². The Labute approximate surface area is 180 Å². The van der Waals surface area contributed by atoms with Gasteiger partial charge in [0.2, 0.25) is 0 Å². The highest BCUT2D eigenvalue weighted by atomic mass is 19.1. The minimum atomic E-state index is -0.930. The number of anilines is 1. The summed E-state index contributed by atoms with van der Waals surface area (Å²) in [5.74, 6) is 2.67. The summed E-state index contributed by atoms with van der Waals surface area (Å²) in [6.07, 6.45) is 12.9. The summed E-state index contributed by atoms with van der Waals surface area (Å²) in [6.45, 7) is 5.03. The van der Waals surface area contributed by atoms with Crippen molar-refractivity contribution in [2.75, 3.05) is 11.9 Å². The number of fused-ring (bicyclic) bond motifs is 5. The summed E-state index contributed by atoms with van der Waals surface area (Å²) in [7, 11) is 1.88. The molecule has 0 radical (unpaired) electrons. The molecule has 0 aromatic carbocycles. The lowest BCUT2D eigenvalue weighted by molar-refractivity contribution is -0.145. The van der Waals surface area contributed by atoms with Crippen molar-refractivity contribution in [3.63, 3.8) is 0 Å². The molecule has 5 rings (SSSR count). The number of ketones is 1. The Morgan fingerprint density at radius 2 is 2.03 bits per heavy atom. The van der Waals surface area contributed by atoms with E-state index in [0.717, 1.165) is 57.1 Å². The quantitative estimate of drug-likeness (QED) is 0.716. The van der Waals surface area contributed by atoms with Gasteiger partial charge in [-0.3, -0.25) is 9.48 Å². The van der Waals surface area contributed by atoms with Crippen LogP contribution in [0.25, 0.3) is 0 Å². The number of hydrogen-bond acceptors (Lipinski definition) is 3. The van der Waals surface area contributed by atoms with Crippen molar-refractivity contribution in [1.29, 1.82) is 0 Å². The third-order valence-corrected chi connectivity index (χ3v) is 9.85. The van der Waals surface area contributed by atoms with Gasteiger partial charge in [0.15, 0.2) is 5.78 Å². The lowest BCUT2D eigenvalue weighted by Gasteiger charge is -2.58. The third-order valence-electron chi connectivity index (χ3n) is 9.85. The molecular weight excluding hydrogens is 377 g/mol. The molecule has 4 nitrogen and oxygen atoms in total. The van der Waals surface area contributed by atoms with E-state index in [4.69, 9.17) is 0 Å². The number of nitrogens with zero attached hydrogens (tertiary/aromatic N) is 2. The van der Waals surface area contributed by atoms with Crippen molar-refractivity contribution >= 4 is 11.5 Å². The van der Waals surface area contributed by atoms with Crippen molar-refractivity contribution in [3.05, 3.63) is 12.4 Å². The minimum Gasteiger partial charge on any atom is -0.375 e. The smallest absolute Gasteiger partial charge is 0.155 e. The molecule has 0 bridgehead atoms. The first-order chi connectivity index (χ1) is 14.3. The van der Waals surface area contributed by atoms with Crippen molar-refractivity contribution < 1.29 is 9.18 Å². The van der Waals surface area contributed by atoms with Gasteiger partial charge in [-0.15, -0.1) is 0 Å². The molecule has 5 heteroatoms. The van der Waals surface area contributed by atoms with Crippen LogP contribution in [0.3, 0.4) is 0 Å². The Kier molecular flexibility index (Phi) is 5.02. The number of halogens is 1. The Balaban J connectivity index is 1.30. The molecule has 0 spiro atoms. The first-order valence-electron chi connectivity index (χ1n) is 12.3. The summed E-state index contributed by atoms with van der Waals surface area (Å²) in [5.41, 5.74) is 0.0271. The number of Topliss-reactive ketones (excluding diaryl/α,β-unsaturated/α-hetero) is 1. The van der Waals surface area contributed by atoms with Crippen LogP contribution >= 0.6 is 0 Å². The molecule has 4 aliphatic carbocycles. The molecule has 1 N–H and O–H groups in total. The van der Waals surface area contributed by atoms with Crippen molar-refractivity contribution in [1.82, 2.24) is 9.78 Å². The van der Waals surface area contributed by atoms with E-state index in [9.17, 15) is 4.79 Å². The lowest BCUT2D eigenvalue weighted by Crippen LogP contribution is -2.56. The molecule has 8 atom stereocenters. The molecule has 1 aromatic heterocycles. The summed E-state index contributed by atoms with van der Waals surface area (Å²) in [4.78, 5) is 13.2. The van der Waals surface area contributed by atoms with Crippen LogP contribution in [0.1, 0.15) is 71.6 Å². The van der Waals surface area contributed by atoms with Gasteiger partial charge in [-0.1, -0.05) is 13.8 Å². The molecule has 0 saturated heterocycles.